The Hall–Kier alpha value is -1.95. The lowest BCUT2D eigenvalue weighted by atomic mass is 10.1. The van der Waals surface area contributed by atoms with Gasteiger partial charge in [-0.2, -0.15) is 0 Å². The van der Waals surface area contributed by atoms with Gasteiger partial charge in [0.25, 0.3) is 0 Å². The topological polar surface area (TPSA) is 34.9 Å². The molecule has 3 rings (SSSR count). The summed E-state index contributed by atoms with van der Waals surface area (Å²) in [7, 11) is 0. The zero-order valence-corrected chi connectivity index (χ0v) is 17.6. The minimum absolute atomic E-state index is 0.201. The minimum Gasteiger partial charge on any atom is -0.347 e. The van der Waals surface area contributed by atoms with Crippen molar-refractivity contribution in [3.8, 4) is 0 Å². The standard InChI is InChI=1S/C23H25IN2O/c24-21-10-12-23-20(17-21)13-16-26(23)15-5-3-1-2-4-8-22(27)11-9-19-7-6-14-25-18-19/h6-7,9-14,16-18H,1-5,8,15H2/b11-9+. The van der Waals surface area contributed by atoms with Crippen molar-refractivity contribution in [2.45, 2.75) is 45.1 Å². The molecule has 0 radical (unpaired) electrons. The summed E-state index contributed by atoms with van der Waals surface area (Å²) in [6.45, 7) is 1.07. The number of pyridine rings is 1. The highest BCUT2D eigenvalue weighted by Crippen LogP contribution is 2.19. The number of carbonyl (C=O) groups excluding carboxylic acids is 1. The van der Waals surface area contributed by atoms with E-state index in [0.29, 0.717) is 6.42 Å². The molecule has 0 aliphatic carbocycles. The van der Waals surface area contributed by atoms with E-state index in [9.17, 15) is 4.79 Å². The largest absolute Gasteiger partial charge is 0.347 e. The number of aromatic nitrogens is 2. The molecule has 27 heavy (non-hydrogen) atoms. The summed E-state index contributed by atoms with van der Waals surface area (Å²) < 4.78 is 3.63. The van der Waals surface area contributed by atoms with Gasteiger partial charge in [-0.05, 0) is 83.5 Å². The summed E-state index contributed by atoms with van der Waals surface area (Å²) >= 11 is 2.36. The fraction of sp³-hybridized carbons (Fsp3) is 0.304. The molecule has 0 aliphatic heterocycles. The molecule has 0 spiro atoms. The smallest absolute Gasteiger partial charge is 0.155 e. The van der Waals surface area contributed by atoms with Gasteiger partial charge < -0.3 is 4.57 Å². The molecule has 0 bridgehead atoms. The third-order valence-corrected chi connectivity index (χ3v) is 5.37. The molecular formula is C23H25IN2O. The Morgan fingerprint density at radius 1 is 1.07 bits per heavy atom. The highest BCUT2D eigenvalue weighted by atomic mass is 127. The first-order valence-electron chi connectivity index (χ1n) is 9.58. The monoisotopic (exact) mass is 472 g/mol. The molecule has 4 heteroatoms. The molecule has 0 saturated carbocycles. The molecule has 0 amide bonds. The number of hydrogen-bond acceptors (Lipinski definition) is 2. The van der Waals surface area contributed by atoms with Crippen LogP contribution in [0.5, 0.6) is 0 Å². The van der Waals surface area contributed by atoms with Crippen molar-refractivity contribution in [2.24, 2.45) is 0 Å². The number of allylic oxidation sites excluding steroid dienone is 1. The van der Waals surface area contributed by atoms with E-state index < -0.39 is 0 Å². The molecule has 0 atom stereocenters. The van der Waals surface area contributed by atoms with Gasteiger partial charge in [-0.15, -0.1) is 0 Å². The molecule has 2 heterocycles. The summed E-state index contributed by atoms with van der Waals surface area (Å²) in [5.41, 5.74) is 2.29. The lowest BCUT2D eigenvalue weighted by molar-refractivity contribution is -0.114. The van der Waals surface area contributed by atoms with E-state index in [0.717, 1.165) is 24.9 Å². The van der Waals surface area contributed by atoms with E-state index in [-0.39, 0.29) is 5.78 Å². The van der Waals surface area contributed by atoms with Gasteiger partial charge >= 0.3 is 0 Å². The van der Waals surface area contributed by atoms with Crippen molar-refractivity contribution in [1.29, 1.82) is 0 Å². The molecule has 0 N–H and O–H groups in total. The van der Waals surface area contributed by atoms with Crippen molar-refractivity contribution < 1.29 is 4.79 Å². The Morgan fingerprint density at radius 2 is 1.93 bits per heavy atom. The first-order chi connectivity index (χ1) is 13.2. The van der Waals surface area contributed by atoms with Crippen LogP contribution in [0.2, 0.25) is 0 Å². The average Bonchev–Trinajstić information content (AvgIpc) is 3.08. The van der Waals surface area contributed by atoms with Crippen LogP contribution in [0.1, 0.15) is 44.1 Å². The first-order valence-corrected chi connectivity index (χ1v) is 10.7. The number of ketones is 1. The molecule has 1 aromatic carbocycles. The SMILES string of the molecule is O=C(/C=C/c1cccnc1)CCCCCCCn1ccc2cc(I)ccc21. The lowest BCUT2D eigenvalue weighted by Crippen LogP contribution is -1.96. The number of benzene rings is 1. The number of unbranched alkanes of at least 4 members (excludes halogenated alkanes) is 4. The van der Waals surface area contributed by atoms with Gasteiger partial charge in [0.15, 0.2) is 5.78 Å². The summed E-state index contributed by atoms with van der Waals surface area (Å²) in [6, 6.07) is 12.6. The van der Waals surface area contributed by atoms with Crippen LogP contribution in [0, 0.1) is 3.57 Å². The maximum atomic E-state index is 11.9. The zero-order chi connectivity index (χ0) is 18.9. The van der Waals surface area contributed by atoms with Crippen molar-refractivity contribution in [1.82, 2.24) is 9.55 Å². The van der Waals surface area contributed by atoms with Gasteiger partial charge in [-0.1, -0.05) is 25.3 Å². The van der Waals surface area contributed by atoms with Crippen LogP contribution in [0.15, 0.2) is 61.1 Å². The minimum atomic E-state index is 0.201. The van der Waals surface area contributed by atoms with Crippen LogP contribution in [0.3, 0.4) is 0 Å². The average molecular weight is 472 g/mol. The molecule has 0 unspecified atom stereocenters. The highest BCUT2D eigenvalue weighted by molar-refractivity contribution is 14.1. The van der Waals surface area contributed by atoms with E-state index in [1.165, 1.54) is 33.7 Å². The number of carbonyl (C=O) groups is 1. The first kappa shape index (κ1) is 19.8. The summed E-state index contributed by atoms with van der Waals surface area (Å²) in [4.78, 5) is 15.9. The van der Waals surface area contributed by atoms with Crippen LogP contribution in [-0.4, -0.2) is 15.3 Å². The summed E-state index contributed by atoms with van der Waals surface area (Å²) in [6.07, 6.45) is 15.5. The normalized spacial score (nSPS) is 11.4. The molecular weight excluding hydrogens is 447 g/mol. The molecule has 0 aliphatic rings. The third-order valence-electron chi connectivity index (χ3n) is 4.70. The van der Waals surface area contributed by atoms with Crippen LogP contribution < -0.4 is 0 Å². The number of hydrogen-bond donors (Lipinski definition) is 0. The second-order valence-corrected chi connectivity index (χ2v) is 8.06. The molecule has 2 aromatic heterocycles. The second kappa shape index (κ2) is 10.4. The van der Waals surface area contributed by atoms with Gasteiger partial charge in [0, 0.05) is 46.0 Å². The van der Waals surface area contributed by atoms with Crippen molar-refractivity contribution >= 4 is 45.4 Å². The third kappa shape index (κ3) is 6.31. The zero-order valence-electron chi connectivity index (χ0n) is 15.5. The van der Waals surface area contributed by atoms with Crippen molar-refractivity contribution in [2.75, 3.05) is 0 Å². The van der Waals surface area contributed by atoms with E-state index >= 15 is 0 Å². The van der Waals surface area contributed by atoms with E-state index in [2.05, 4.69) is 62.6 Å². The number of fused-ring (bicyclic) bond motifs is 1. The Morgan fingerprint density at radius 3 is 2.78 bits per heavy atom. The highest BCUT2D eigenvalue weighted by Gasteiger charge is 2.02. The van der Waals surface area contributed by atoms with Crippen LogP contribution in [0.4, 0.5) is 0 Å². The second-order valence-electron chi connectivity index (χ2n) is 6.82. The predicted octanol–water partition coefficient (Wildman–Crippen LogP) is 6.26. The van der Waals surface area contributed by atoms with Crippen LogP contribution >= 0.6 is 22.6 Å². The van der Waals surface area contributed by atoms with E-state index in [1.807, 2.05) is 18.2 Å². The summed E-state index contributed by atoms with van der Waals surface area (Å²) in [5.74, 6) is 0.201. The number of rotatable bonds is 10. The molecule has 0 fully saturated rings. The van der Waals surface area contributed by atoms with Crippen molar-refractivity contribution in [3.63, 3.8) is 0 Å². The molecule has 0 saturated heterocycles. The van der Waals surface area contributed by atoms with Gasteiger partial charge in [0.2, 0.25) is 0 Å². The summed E-state index contributed by atoms with van der Waals surface area (Å²) in [5, 5.41) is 1.32. The van der Waals surface area contributed by atoms with E-state index in [1.54, 1.807) is 18.5 Å². The molecule has 140 valence electrons. The van der Waals surface area contributed by atoms with Gasteiger partial charge in [0.05, 0.1) is 0 Å². The number of halogens is 1. The maximum absolute atomic E-state index is 11.9. The Balaban J connectivity index is 1.29. The van der Waals surface area contributed by atoms with Gasteiger partial charge in [0.1, 0.15) is 0 Å². The molecule has 3 nitrogen and oxygen atoms in total. The molecule has 3 aromatic rings. The quantitative estimate of drug-likeness (QED) is 0.198. The van der Waals surface area contributed by atoms with Crippen LogP contribution in [0.25, 0.3) is 17.0 Å². The fourth-order valence-corrected chi connectivity index (χ4v) is 3.74. The Bertz CT molecular complexity index is 899. The predicted molar refractivity (Wildman–Crippen MR) is 121 cm³/mol. The Labute approximate surface area is 174 Å². The van der Waals surface area contributed by atoms with Crippen molar-refractivity contribution in [3.05, 3.63) is 70.2 Å². The van der Waals surface area contributed by atoms with Gasteiger partial charge in [-0.3, -0.25) is 9.78 Å². The maximum Gasteiger partial charge on any atom is 0.155 e. The number of nitrogens with zero attached hydrogens (tertiary/aromatic N) is 2. The fourth-order valence-electron chi connectivity index (χ4n) is 3.22. The van der Waals surface area contributed by atoms with E-state index in [4.69, 9.17) is 0 Å². The Kier molecular flexibility index (Phi) is 7.63. The van der Waals surface area contributed by atoms with Crippen LogP contribution in [-0.2, 0) is 11.3 Å². The lowest BCUT2D eigenvalue weighted by Gasteiger charge is -2.06. The number of aryl methyl sites for hydroxylation is 1. The van der Waals surface area contributed by atoms with Gasteiger partial charge in [-0.25, -0.2) is 0 Å².